The molecule has 12 aromatic carbocycles. The molecule has 4 unspecified atom stereocenters. The Morgan fingerprint density at radius 2 is 1.04 bits per heavy atom. The highest BCUT2D eigenvalue weighted by molar-refractivity contribution is 7.89. The Kier molecular flexibility index (Phi) is 42.4. The van der Waals surface area contributed by atoms with Crippen LogP contribution >= 0.6 is 11.6 Å². The van der Waals surface area contributed by atoms with Crippen molar-refractivity contribution in [3.05, 3.63) is 361 Å². The van der Waals surface area contributed by atoms with Crippen LogP contribution in [0.1, 0.15) is 164 Å². The minimum absolute atomic E-state index is 0.00630. The molecule has 4 atom stereocenters. The Balaban J connectivity index is 0.000000213. The van der Waals surface area contributed by atoms with Crippen LogP contribution in [0, 0.1) is 24.0 Å². The predicted octanol–water partition coefficient (Wildman–Crippen LogP) is 20.4. The monoisotopic (exact) mass is 1830 g/mol. The Hall–Kier alpha value is -13.4. The van der Waals surface area contributed by atoms with Gasteiger partial charge >= 0.3 is 0 Å². The van der Waals surface area contributed by atoms with E-state index in [4.69, 9.17) is 77.1 Å². The number of carbonyl (C=O) groups excluding carboxylic acids is 3. The first kappa shape index (κ1) is 101. The van der Waals surface area contributed by atoms with Gasteiger partial charge in [0.25, 0.3) is 11.6 Å². The summed E-state index contributed by atoms with van der Waals surface area (Å²) in [5.74, 6) is 8.19. The molecule has 1 aliphatic heterocycles. The summed E-state index contributed by atoms with van der Waals surface area (Å²) in [6, 6.07) is 83.3. The molecule has 694 valence electrons. The number of nitro groups is 1. The van der Waals surface area contributed by atoms with Gasteiger partial charge in [-0.05, 0) is 172 Å². The Labute approximate surface area is 778 Å². The first-order valence-electron chi connectivity index (χ1n) is 43.9. The van der Waals surface area contributed by atoms with Crippen molar-refractivity contribution >= 4 is 45.0 Å². The lowest BCUT2D eigenvalue weighted by atomic mass is 9.84. The number of hydrogen-bond donors (Lipinski definition) is 6. The van der Waals surface area contributed by atoms with E-state index in [0.29, 0.717) is 93.4 Å². The molecule has 26 heteroatoms. The molecule has 7 N–H and O–H groups in total. The quantitative estimate of drug-likeness (QED) is 0.00732. The molecular weight excluding hydrogens is 1700 g/mol. The highest BCUT2D eigenvalue weighted by Crippen LogP contribution is 2.46. The first-order valence-corrected chi connectivity index (χ1v) is 44.8. The number of aryl methyl sites for hydroxylation is 3. The molecule has 0 fully saturated rings. The maximum atomic E-state index is 12.0. The molecule has 0 radical (unpaired) electrons. The highest BCUT2D eigenvalue weighted by Gasteiger charge is 2.34. The number of nitrogens with zero attached hydrogens (tertiary/aromatic N) is 1. The van der Waals surface area contributed by atoms with E-state index in [2.05, 4.69) is 85.3 Å². The number of fused-ring (bicyclic) bond motifs is 2. The van der Waals surface area contributed by atoms with Crippen LogP contribution in [0.25, 0.3) is 0 Å². The van der Waals surface area contributed by atoms with E-state index in [0.717, 1.165) is 84.8 Å². The van der Waals surface area contributed by atoms with Crippen molar-refractivity contribution in [3.63, 3.8) is 0 Å². The summed E-state index contributed by atoms with van der Waals surface area (Å²) >= 11 is 7.15. The molecule has 0 aliphatic carbocycles. The normalized spacial score (nSPS) is 12.4. The van der Waals surface area contributed by atoms with Gasteiger partial charge in [0.1, 0.15) is 56.6 Å². The largest absolute Gasteiger partial charge is 0.497 e. The number of rotatable bonds is 33. The lowest BCUT2D eigenvalue weighted by Crippen LogP contribution is -2.23. The number of hydrogen-bond acceptors (Lipinski definition) is 19. The second-order valence-corrected chi connectivity index (χ2v) is 31.6. The summed E-state index contributed by atoms with van der Waals surface area (Å²) in [5.41, 5.74) is 13.0. The number of benzene rings is 12. The summed E-state index contributed by atoms with van der Waals surface area (Å²) in [4.78, 5) is 43.7. The molecule has 24 nitrogen and oxygen atoms in total. The summed E-state index contributed by atoms with van der Waals surface area (Å²) in [5, 5.41) is 41.7. The topological polar surface area (TPSA) is 323 Å². The lowest BCUT2D eigenvalue weighted by molar-refractivity contribution is -0.385. The van der Waals surface area contributed by atoms with Crippen molar-refractivity contribution in [1.29, 1.82) is 0 Å². The minimum Gasteiger partial charge on any atom is -0.497 e. The second kappa shape index (κ2) is 54.8. The van der Waals surface area contributed by atoms with Crippen LogP contribution in [-0.2, 0) is 50.6 Å². The Bertz CT molecular complexity index is 5750. The molecule has 131 heavy (non-hydrogen) atoms. The fourth-order valence-electron chi connectivity index (χ4n) is 13.2. The number of nitrogens with two attached hydrogens (primary N) is 1. The van der Waals surface area contributed by atoms with Gasteiger partial charge in [-0.1, -0.05) is 196 Å². The summed E-state index contributed by atoms with van der Waals surface area (Å²) < 4.78 is 92.4. The smallest absolute Gasteiger partial charge is 0.276 e. The number of alkyl halides is 1. The van der Waals surface area contributed by atoms with Gasteiger partial charge in [0, 0.05) is 98.3 Å². The minimum atomic E-state index is -3.74. The van der Waals surface area contributed by atoms with Crippen molar-refractivity contribution in [2.45, 2.75) is 129 Å². The van der Waals surface area contributed by atoms with E-state index in [9.17, 15) is 32.9 Å². The zero-order valence-electron chi connectivity index (χ0n) is 78.8. The number of primary sulfonamides is 1. The van der Waals surface area contributed by atoms with Gasteiger partial charge in [0.15, 0.2) is 11.5 Å². The predicted molar refractivity (Wildman–Crippen MR) is 515 cm³/mol. The standard InChI is InChI=1S/C20H17Cl.C18H22O3.C16H16O2.C15H16N2O3S.C14H20N2O5.C13H19NO4.C9H12O2/c1-16-12-14-19(15-13-16)20(21,17-8-4-2-5-9-17)18-10-6-3-7-11-18;1-5-21-15-8-6-14(7-9-15)13(2)17-11-10-16(19-3)12-18(17)20-4;1-3-17-12-8-9-14-11(2)13-6-4-5-7-15(13)18-16(14)10-12;1-11-2-4-12(5-3-11)10-17-15(18)13-6-8-14(9-7-13)21(16,19)20;1-4-10-8-12(20-3)13(9-11(10)16(18)19)21-7-5-6-14(17)15-2;1-14-13(16)4-3-7-18-11-6-5-10(9-15)12(8-11)17-2;1-2-11-9-5-3-8(7-10)4-6-9/h2-15H,1H3;6-13H,5H2,1-4H3;4-11H,3H2,1-2H3;2-9H,10H2,1H3,(H,17,18)(H2,16,19,20);8-9H,4-7H2,1-3H3,(H,15,17);5-6,8,15H,3-4,7,9H2,1-2H3,(H,14,16);3-6,10H,2,7H2,1H3/i8D;;;;4D;;. The Morgan fingerprint density at radius 3 is 1.59 bits per heavy atom. The molecule has 0 spiro atoms. The average molecular weight is 1830 g/mol. The van der Waals surface area contributed by atoms with Gasteiger partial charge in [-0.3, -0.25) is 24.5 Å². The van der Waals surface area contributed by atoms with Crippen molar-refractivity contribution in [2.24, 2.45) is 5.14 Å². The van der Waals surface area contributed by atoms with Crippen LogP contribution in [0.5, 0.6) is 63.2 Å². The molecule has 0 aromatic heterocycles. The highest BCUT2D eigenvalue weighted by atomic mass is 35.5. The molecule has 1 aliphatic rings. The summed E-state index contributed by atoms with van der Waals surface area (Å²) in [7, 11) is 5.74. The second-order valence-electron chi connectivity index (χ2n) is 29.5. The SMILES string of the molecule is CCOc1ccc(C(C)c2ccc(OC)cc2OC)cc1.CCOc1ccc(CO)cc1.CCOc1ccc2c(c1)Oc1ccccc1C2C.CNC(=O)CCCOc1ccc(CO)c(OC)c1.Cc1ccc(CNC(=O)c2ccc(S(N)(=O)=O)cc2)cc1.[2H]C(C)c1cc(OC)c(OCCCC(=O)NC)cc1[N+](=O)[O-].[2H]c1ccccc1C(Cl)(c1ccccc1)c1ccc(C)cc1. The molecule has 13 rings (SSSR count). The van der Waals surface area contributed by atoms with Crippen LogP contribution in [0.2, 0.25) is 0 Å². The van der Waals surface area contributed by atoms with Crippen LogP contribution in [-0.4, -0.2) is 117 Å². The van der Waals surface area contributed by atoms with E-state index in [1.54, 1.807) is 66.6 Å². The van der Waals surface area contributed by atoms with E-state index in [1.807, 2.05) is 185 Å². The fraction of sp³-hybridized carbons (Fsp3) is 0.286. The van der Waals surface area contributed by atoms with Crippen LogP contribution in [0.15, 0.2) is 278 Å². The maximum absolute atomic E-state index is 12.0. The number of methoxy groups -OCH3 is 4. The summed E-state index contributed by atoms with van der Waals surface area (Å²) in [6.45, 7) is 19.1. The zero-order chi connectivity index (χ0) is 97.0. The molecule has 0 saturated heterocycles. The van der Waals surface area contributed by atoms with Crippen LogP contribution in [0.4, 0.5) is 5.69 Å². The average Bonchev–Trinajstić information content (AvgIpc) is 0.763. The number of amides is 3. The van der Waals surface area contributed by atoms with E-state index in [1.165, 1.54) is 65.8 Å². The number of carbonyl (C=O) groups is 3. The number of aliphatic hydroxyl groups excluding tert-OH is 2. The first-order chi connectivity index (χ1) is 63.9. The molecule has 0 bridgehead atoms. The van der Waals surface area contributed by atoms with Gasteiger partial charge in [0.2, 0.25) is 21.8 Å². The maximum Gasteiger partial charge on any atom is 0.276 e. The van der Waals surface area contributed by atoms with Crippen molar-refractivity contribution in [2.75, 3.05) is 75.6 Å². The van der Waals surface area contributed by atoms with Gasteiger partial charge < -0.3 is 73.5 Å². The van der Waals surface area contributed by atoms with E-state index in [-0.39, 0.29) is 65.4 Å². The molecule has 0 saturated carbocycles. The summed E-state index contributed by atoms with van der Waals surface area (Å²) in [6.07, 6.45) is 1.14. The number of para-hydroxylation sites is 1. The molecular formula is C105H122ClN5O19S. The number of halogens is 1. The number of sulfonamides is 1. The third-order valence-electron chi connectivity index (χ3n) is 20.5. The van der Waals surface area contributed by atoms with Gasteiger partial charge in [-0.2, -0.15) is 0 Å². The van der Waals surface area contributed by atoms with E-state index < -0.39 is 26.2 Å². The van der Waals surface area contributed by atoms with Gasteiger partial charge in [-0.25, -0.2) is 13.6 Å². The molecule has 1 heterocycles. The molecule has 3 amide bonds. The van der Waals surface area contributed by atoms with Gasteiger partial charge in [0.05, 0.1) is 91.9 Å². The number of aliphatic hydroxyl groups is 2. The lowest BCUT2D eigenvalue weighted by Gasteiger charge is -2.29. The number of ether oxygens (including phenoxy) is 10. The van der Waals surface area contributed by atoms with Crippen LogP contribution in [0.3, 0.4) is 0 Å². The van der Waals surface area contributed by atoms with Crippen molar-refractivity contribution < 1.29 is 88.0 Å². The number of nitro benzene ring substituents is 1. The third-order valence-corrected chi connectivity index (χ3v) is 22.1. The van der Waals surface area contributed by atoms with Crippen molar-refractivity contribution in [1.82, 2.24) is 16.0 Å². The van der Waals surface area contributed by atoms with Gasteiger partial charge in [-0.15, -0.1) is 11.6 Å². The zero-order valence-corrected chi connectivity index (χ0v) is 78.3. The fourth-order valence-corrected chi connectivity index (χ4v) is 14.1. The molecule has 12 aromatic rings. The third kappa shape index (κ3) is 32.6. The van der Waals surface area contributed by atoms with Crippen LogP contribution < -0.4 is 68.5 Å². The Morgan fingerprint density at radius 1 is 0.534 bits per heavy atom. The van der Waals surface area contributed by atoms with E-state index >= 15 is 0 Å². The van der Waals surface area contributed by atoms with Crippen molar-refractivity contribution in [3.8, 4) is 63.2 Å². The number of nitrogens with one attached hydrogen (secondary N) is 3.